The van der Waals surface area contributed by atoms with Crippen LogP contribution >= 0.6 is 0 Å². The highest BCUT2D eigenvalue weighted by molar-refractivity contribution is 5.21. The van der Waals surface area contributed by atoms with Crippen molar-refractivity contribution in [1.82, 2.24) is 4.98 Å². The molecule has 0 aromatic carbocycles. The number of hydrogen-bond donors (Lipinski definition) is 1. The first-order valence-corrected chi connectivity index (χ1v) is 3.86. The zero-order chi connectivity index (χ0) is 10.8. The lowest BCUT2D eigenvalue weighted by Gasteiger charge is -2.09. The van der Waals surface area contributed by atoms with Crippen molar-refractivity contribution in [2.45, 2.75) is 19.3 Å². The van der Waals surface area contributed by atoms with E-state index in [-0.39, 0.29) is 11.8 Å². The van der Waals surface area contributed by atoms with E-state index in [4.69, 9.17) is 5.73 Å². The number of hydrogen-bond acceptors (Lipinski definition) is 3. The lowest BCUT2D eigenvalue weighted by Crippen LogP contribution is -2.17. The van der Waals surface area contributed by atoms with E-state index < -0.39 is 6.36 Å². The van der Waals surface area contributed by atoms with Crippen LogP contribution < -0.4 is 10.5 Å². The summed E-state index contributed by atoms with van der Waals surface area (Å²) in [6, 6.07) is 2.26. The summed E-state index contributed by atoms with van der Waals surface area (Å²) >= 11 is 0. The Balaban J connectivity index is 2.74. The van der Waals surface area contributed by atoms with E-state index in [1.807, 2.05) is 0 Å². The first kappa shape index (κ1) is 10.8. The Morgan fingerprint density at radius 2 is 2.07 bits per heavy atom. The third kappa shape index (κ3) is 3.21. The molecule has 1 rings (SSSR count). The third-order valence-corrected chi connectivity index (χ3v) is 1.46. The highest BCUT2D eigenvalue weighted by Crippen LogP contribution is 2.22. The maximum Gasteiger partial charge on any atom is 0.573 e. The quantitative estimate of drug-likeness (QED) is 0.805. The Bertz CT molecular complexity index is 294. The minimum absolute atomic E-state index is 0.310. The third-order valence-electron chi connectivity index (χ3n) is 1.46. The van der Waals surface area contributed by atoms with E-state index in [1.54, 1.807) is 6.92 Å². The molecule has 0 saturated heterocycles. The predicted molar refractivity (Wildman–Crippen MR) is 43.5 cm³/mol. The van der Waals surface area contributed by atoms with Crippen molar-refractivity contribution in [3.63, 3.8) is 0 Å². The summed E-state index contributed by atoms with van der Waals surface area (Å²) < 4.78 is 38.8. The van der Waals surface area contributed by atoms with Gasteiger partial charge in [-0.15, -0.1) is 13.2 Å². The van der Waals surface area contributed by atoms with Gasteiger partial charge in [-0.25, -0.2) is 0 Å². The second-order valence-electron chi connectivity index (χ2n) is 2.76. The van der Waals surface area contributed by atoms with Gasteiger partial charge >= 0.3 is 6.36 Å². The van der Waals surface area contributed by atoms with Gasteiger partial charge in [0.05, 0.1) is 11.9 Å². The van der Waals surface area contributed by atoms with E-state index in [1.165, 1.54) is 12.1 Å². The van der Waals surface area contributed by atoms with Gasteiger partial charge in [0.1, 0.15) is 5.75 Å². The molecule has 6 heteroatoms. The van der Waals surface area contributed by atoms with Crippen LogP contribution in [0.25, 0.3) is 0 Å². The summed E-state index contributed by atoms with van der Waals surface area (Å²) in [4.78, 5) is 3.71. The maximum atomic E-state index is 11.7. The molecule has 3 nitrogen and oxygen atoms in total. The van der Waals surface area contributed by atoms with Gasteiger partial charge in [-0.05, 0) is 19.1 Å². The normalized spacial score (nSPS) is 13.8. The van der Waals surface area contributed by atoms with Crippen LogP contribution in [0, 0.1) is 0 Å². The minimum Gasteiger partial charge on any atom is -0.404 e. The highest BCUT2D eigenvalue weighted by atomic mass is 19.4. The molecule has 1 aromatic rings. The average Bonchev–Trinajstić information content (AvgIpc) is 2.02. The van der Waals surface area contributed by atoms with E-state index in [0.717, 1.165) is 6.20 Å². The molecule has 0 saturated carbocycles. The second-order valence-corrected chi connectivity index (χ2v) is 2.76. The molecular formula is C8H9F3N2O. The molecule has 1 heterocycles. The molecule has 0 bridgehead atoms. The van der Waals surface area contributed by atoms with Crippen LogP contribution in [0.15, 0.2) is 18.3 Å². The lowest BCUT2D eigenvalue weighted by molar-refractivity contribution is -0.274. The van der Waals surface area contributed by atoms with Gasteiger partial charge in [-0.3, -0.25) is 4.98 Å². The molecule has 78 valence electrons. The second kappa shape index (κ2) is 3.83. The number of ether oxygens (including phenoxy) is 1. The van der Waals surface area contributed by atoms with Crippen LogP contribution in [0.2, 0.25) is 0 Å². The van der Waals surface area contributed by atoms with Crippen LogP contribution in [-0.2, 0) is 0 Å². The molecule has 1 atom stereocenters. The Kier molecular flexibility index (Phi) is 2.95. The minimum atomic E-state index is -4.68. The first-order valence-electron chi connectivity index (χ1n) is 3.86. The highest BCUT2D eigenvalue weighted by Gasteiger charge is 2.31. The molecule has 2 N–H and O–H groups in total. The predicted octanol–water partition coefficient (Wildman–Crippen LogP) is 2.00. The van der Waals surface area contributed by atoms with Crippen molar-refractivity contribution in [3.8, 4) is 5.75 Å². The SMILES string of the molecule is CC(N)c1ccc(OC(F)(F)F)cn1. The van der Waals surface area contributed by atoms with Gasteiger partial charge in [0.15, 0.2) is 0 Å². The Hall–Kier alpha value is -1.30. The fourth-order valence-corrected chi connectivity index (χ4v) is 0.855. The van der Waals surface area contributed by atoms with Crippen LogP contribution in [0.4, 0.5) is 13.2 Å². The van der Waals surface area contributed by atoms with Crippen molar-refractivity contribution in [1.29, 1.82) is 0 Å². The van der Waals surface area contributed by atoms with Gasteiger partial charge < -0.3 is 10.5 Å². The molecule has 0 radical (unpaired) electrons. The summed E-state index contributed by atoms with van der Waals surface area (Å²) in [5.41, 5.74) is 5.98. The van der Waals surface area contributed by atoms with Gasteiger partial charge in [-0.1, -0.05) is 0 Å². The van der Waals surface area contributed by atoms with Crippen molar-refractivity contribution >= 4 is 0 Å². The van der Waals surface area contributed by atoms with E-state index in [9.17, 15) is 13.2 Å². The van der Waals surface area contributed by atoms with Gasteiger partial charge in [-0.2, -0.15) is 0 Å². The van der Waals surface area contributed by atoms with Gasteiger partial charge in [0.25, 0.3) is 0 Å². The monoisotopic (exact) mass is 206 g/mol. The fraction of sp³-hybridized carbons (Fsp3) is 0.375. The van der Waals surface area contributed by atoms with Crippen LogP contribution in [0.3, 0.4) is 0 Å². The Morgan fingerprint density at radius 1 is 1.43 bits per heavy atom. The largest absolute Gasteiger partial charge is 0.573 e. The number of pyridine rings is 1. The molecule has 14 heavy (non-hydrogen) atoms. The Morgan fingerprint density at radius 3 is 2.43 bits per heavy atom. The molecule has 0 aliphatic heterocycles. The number of nitrogens with two attached hydrogens (primary N) is 1. The molecule has 0 aliphatic rings. The van der Waals surface area contributed by atoms with Crippen molar-refractivity contribution < 1.29 is 17.9 Å². The molecule has 0 fully saturated rings. The molecule has 1 aromatic heterocycles. The van der Waals surface area contributed by atoms with Gasteiger partial charge in [0.2, 0.25) is 0 Å². The maximum absolute atomic E-state index is 11.7. The van der Waals surface area contributed by atoms with Crippen molar-refractivity contribution in [3.05, 3.63) is 24.0 Å². The molecule has 1 unspecified atom stereocenters. The van der Waals surface area contributed by atoms with E-state index in [0.29, 0.717) is 5.69 Å². The fourth-order valence-electron chi connectivity index (χ4n) is 0.855. The van der Waals surface area contributed by atoms with Crippen LogP contribution in [0.1, 0.15) is 18.7 Å². The number of alkyl halides is 3. The van der Waals surface area contributed by atoms with E-state index >= 15 is 0 Å². The summed E-state index contributed by atoms with van der Waals surface area (Å²) in [5, 5.41) is 0. The standard InChI is InChI=1S/C8H9F3N2O/c1-5(12)7-3-2-6(4-13-7)14-8(9,10)11/h2-5H,12H2,1H3. The number of nitrogens with zero attached hydrogens (tertiary/aromatic N) is 1. The number of rotatable bonds is 2. The molecule has 0 aliphatic carbocycles. The zero-order valence-electron chi connectivity index (χ0n) is 7.38. The number of halogens is 3. The summed E-state index contributed by atoms with van der Waals surface area (Å²) in [6.07, 6.45) is -3.69. The molecule has 0 amide bonds. The van der Waals surface area contributed by atoms with Crippen LogP contribution in [0.5, 0.6) is 5.75 Å². The Labute approximate surface area is 78.7 Å². The number of aromatic nitrogens is 1. The topological polar surface area (TPSA) is 48.1 Å². The lowest BCUT2D eigenvalue weighted by atomic mass is 10.2. The van der Waals surface area contributed by atoms with E-state index in [2.05, 4.69) is 9.72 Å². The zero-order valence-corrected chi connectivity index (χ0v) is 7.38. The van der Waals surface area contributed by atoms with Crippen molar-refractivity contribution in [2.75, 3.05) is 0 Å². The van der Waals surface area contributed by atoms with Gasteiger partial charge in [0, 0.05) is 6.04 Å². The molecular weight excluding hydrogens is 197 g/mol. The van der Waals surface area contributed by atoms with Crippen molar-refractivity contribution in [2.24, 2.45) is 5.73 Å². The average molecular weight is 206 g/mol. The first-order chi connectivity index (χ1) is 6.38. The summed E-state index contributed by atoms with van der Waals surface area (Å²) in [7, 11) is 0. The summed E-state index contributed by atoms with van der Waals surface area (Å²) in [6.45, 7) is 1.69. The van der Waals surface area contributed by atoms with Crippen LogP contribution in [-0.4, -0.2) is 11.3 Å². The molecule has 0 spiro atoms. The smallest absolute Gasteiger partial charge is 0.404 e. The summed E-state index contributed by atoms with van der Waals surface area (Å²) in [5.74, 6) is -0.345.